The van der Waals surface area contributed by atoms with Gasteiger partial charge in [0.1, 0.15) is 11.3 Å². The molecule has 0 unspecified atom stereocenters. The zero-order chi connectivity index (χ0) is 17.2. The van der Waals surface area contributed by atoms with E-state index in [1.807, 2.05) is 0 Å². The van der Waals surface area contributed by atoms with Gasteiger partial charge < -0.3 is 9.73 Å². The van der Waals surface area contributed by atoms with Gasteiger partial charge in [-0.1, -0.05) is 6.42 Å². The molecule has 2 rings (SSSR count). The van der Waals surface area contributed by atoms with E-state index in [-0.39, 0.29) is 24.6 Å². The molecule has 1 heterocycles. The number of nitrogens with one attached hydrogen (secondary N) is 1. The van der Waals surface area contributed by atoms with E-state index in [4.69, 9.17) is 4.42 Å². The third-order valence-corrected chi connectivity index (χ3v) is 5.50. The molecule has 0 aromatic carbocycles. The number of carbonyl (C=O) groups excluding carboxylic acids is 1. The Labute approximate surface area is 135 Å². The quantitative estimate of drug-likeness (QED) is 0.826. The van der Waals surface area contributed by atoms with Crippen LogP contribution in [0.15, 0.2) is 15.3 Å². The fraction of sp³-hybridized carbons (Fsp3) is 0.600. The molecule has 7 nitrogen and oxygen atoms in total. The highest BCUT2D eigenvalue weighted by Crippen LogP contribution is 2.36. The van der Waals surface area contributed by atoms with E-state index in [9.17, 15) is 18.0 Å². The summed E-state index contributed by atoms with van der Waals surface area (Å²) in [5, 5.41) is 2.56. The van der Waals surface area contributed by atoms with E-state index in [1.165, 1.54) is 7.05 Å². The normalized spacial score (nSPS) is 15.5. The lowest BCUT2D eigenvalue weighted by Gasteiger charge is -2.24. The van der Waals surface area contributed by atoms with Crippen LogP contribution in [0, 0.1) is 6.92 Å². The highest BCUT2D eigenvalue weighted by Gasteiger charge is 2.25. The number of hydrogen-bond donors (Lipinski definition) is 1. The molecule has 0 atom stereocenters. The van der Waals surface area contributed by atoms with Crippen LogP contribution in [-0.4, -0.2) is 45.0 Å². The van der Waals surface area contributed by atoms with Crippen LogP contribution in [0.4, 0.5) is 0 Å². The van der Waals surface area contributed by atoms with Crippen molar-refractivity contribution in [3.8, 4) is 0 Å². The zero-order valence-electron chi connectivity index (χ0n) is 13.6. The maximum absolute atomic E-state index is 12.1. The largest absolute Gasteiger partial charge is 0.427 e. The Morgan fingerprint density at radius 2 is 2.09 bits per heavy atom. The van der Waals surface area contributed by atoms with E-state index in [2.05, 4.69) is 5.32 Å². The van der Waals surface area contributed by atoms with Crippen molar-refractivity contribution in [2.45, 2.75) is 32.1 Å². The predicted octanol–water partition coefficient (Wildman–Crippen LogP) is 0.837. The minimum atomic E-state index is -3.29. The van der Waals surface area contributed by atoms with Gasteiger partial charge >= 0.3 is 5.63 Å². The van der Waals surface area contributed by atoms with Crippen molar-refractivity contribution in [3.63, 3.8) is 0 Å². The summed E-state index contributed by atoms with van der Waals surface area (Å²) in [6.07, 6.45) is 4.23. The number of amides is 1. The summed E-state index contributed by atoms with van der Waals surface area (Å²) in [6.45, 7) is 1.96. The molecule has 1 amide bonds. The van der Waals surface area contributed by atoms with Crippen molar-refractivity contribution in [2.75, 3.05) is 26.4 Å². The SMILES string of the molecule is Cc1cc(C2CCC2)oc(=O)c1C(=O)NCCN(C)S(C)(=O)=O. The second-order valence-electron chi connectivity index (χ2n) is 5.96. The monoisotopic (exact) mass is 342 g/mol. The molecular formula is C15H22N2O5S. The van der Waals surface area contributed by atoms with E-state index in [1.54, 1.807) is 13.0 Å². The van der Waals surface area contributed by atoms with Crippen LogP contribution in [0.3, 0.4) is 0 Å². The average molecular weight is 342 g/mol. The molecule has 1 aliphatic carbocycles. The van der Waals surface area contributed by atoms with Gasteiger partial charge in [-0.3, -0.25) is 4.79 Å². The molecule has 0 aliphatic heterocycles. The van der Waals surface area contributed by atoms with Crippen LogP contribution in [0.1, 0.15) is 46.9 Å². The molecular weight excluding hydrogens is 320 g/mol. The topological polar surface area (TPSA) is 96.7 Å². The molecule has 1 aromatic heterocycles. The third-order valence-electron chi connectivity index (χ3n) is 4.18. The van der Waals surface area contributed by atoms with Gasteiger partial charge in [0.05, 0.1) is 6.26 Å². The van der Waals surface area contributed by atoms with Gasteiger partial charge in [0.25, 0.3) is 5.91 Å². The average Bonchev–Trinajstić information content (AvgIpc) is 2.34. The second-order valence-corrected chi connectivity index (χ2v) is 8.05. The van der Waals surface area contributed by atoms with Crippen LogP contribution in [0.2, 0.25) is 0 Å². The molecule has 8 heteroatoms. The molecule has 1 saturated carbocycles. The lowest BCUT2D eigenvalue weighted by atomic mass is 9.83. The van der Waals surface area contributed by atoms with Crippen LogP contribution in [0.25, 0.3) is 0 Å². The van der Waals surface area contributed by atoms with Crippen LogP contribution >= 0.6 is 0 Å². The van der Waals surface area contributed by atoms with Crippen molar-refractivity contribution >= 4 is 15.9 Å². The molecule has 23 heavy (non-hydrogen) atoms. The lowest BCUT2D eigenvalue weighted by molar-refractivity contribution is 0.0946. The van der Waals surface area contributed by atoms with E-state index < -0.39 is 21.6 Å². The predicted molar refractivity (Wildman–Crippen MR) is 86.1 cm³/mol. The summed E-state index contributed by atoms with van der Waals surface area (Å²) in [5.74, 6) is 0.382. The van der Waals surface area contributed by atoms with Crippen LogP contribution in [-0.2, 0) is 10.0 Å². The highest BCUT2D eigenvalue weighted by molar-refractivity contribution is 7.88. The third kappa shape index (κ3) is 4.20. The van der Waals surface area contributed by atoms with Crippen LogP contribution in [0.5, 0.6) is 0 Å². The fourth-order valence-electron chi connectivity index (χ4n) is 2.38. The first-order valence-electron chi connectivity index (χ1n) is 7.54. The van der Waals surface area contributed by atoms with E-state index in [0.29, 0.717) is 11.3 Å². The highest BCUT2D eigenvalue weighted by atomic mass is 32.2. The molecule has 0 bridgehead atoms. The van der Waals surface area contributed by atoms with Gasteiger partial charge in [0.2, 0.25) is 10.0 Å². The van der Waals surface area contributed by atoms with Crippen molar-refractivity contribution in [2.24, 2.45) is 0 Å². The van der Waals surface area contributed by atoms with Gasteiger partial charge in [-0.05, 0) is 31.4 Å². The Bertz CT molecular complexity index is 750. The second kappa shape index (κ2) is 6.84. The first-order valence-corrected chi connectivity index (χ1v) is 9.39. The molecule has 1 aliphatic rings. The summed E-state index contributed by atoms with van der Waals surface area (Å²) in [7, 11) is -1.87. The van der Waals surface area contributed by atoms with Gasteiger partial charge in [-0.25, -0.2) is 17.5 Å². The summed E-state index contributed by atoms with van der Waals surface area (Å²) < 4.78 is 28.9. The van der Waals surface area contributed by atoms with E-state index in [0.717, 1.165) is 29.8 Å². The number of hydrogen-bond acceptors (Lipinski definition) is 5. The molecule has 0 radical (unpaired) electrons. The smallest absolute Gasteiger partial charge is 0.349 e. The van der Waals surface area contributed by atoms with Crippen LogP contribution < -0.4 is 10.9 Å². The van der Waals surface area contributed by atoms with Gasteiger partial charge in [-0.15, -0.1) is 0 Å². The molecule has 0 saturated heterocycles. The lowest BCUT2D eigenvalue weighted by Crippen LogP contribution is -2.37. The van der Waals surface area contributed by atoms with Gasteiger partial charge in [0.15, 0.2) is 0 Å². The Balaban J connectivity index is 2.03. The van der Waals surface area contributed by atoms with Crippen molar-refractivity contribution in [1.82, 2.24) is 9.62 Å². The van der Waals surface area contributed by atoms with Gasteiger partial charge in [0, 0.05) is 26.1 Å². The van der Waals surface area contributed by atoms with Crippen molar-refractivity contribution < 1.29 is 17.6 Å². The maximum Gasteiger partial charge on any atom is 0.349 e. The number of aryl methyl sites for hydroxylation is 1. The number of nitrogens with zero attached hydrogens (tertiary/aromatic N) is 1. The number of carbonyl (C=O) groups is 1. The fourth-order valence-corrected chi connectivity index (χ4v) is 2.80. The summed E-state index contributed by atoms with van der Waals surface area (Å²) in [5.41, 5.74) is -0.0759. The van der Waals surface area contributed by atoms with Gasteiger partial charge in [-0.2, -0.15) is 0 Å². The molecule has 1 aromatic rings. The summed E-state index contributed by atoms with van der Waals surface area (Å²) >= 11 is 0. The molecule has 1 N–H and O–H groups in total. The van der Waals surface area contributed by atoms with Crippen molar-refractivity contribution in [3.05, 3.63) is 33.4 Å². The summed E-state index contributed by atoms with van der Waals surface area (Å²) in [6, 6.07) is 1.75. The number of rotatable bonds is 6. The molecule has 0 spiro atoms. The Hall–Kier alpha value is -1.67. The van der Waals surface area contributed by atoms with Crippen molar-refractivity contribution in [1.29, 1.82) is 0 Å². The molecule has 128 valence electrons. The first-order chi connectivity index (χ1) is 10.7. The maximum atomic E-state index is 12.1. The number of likely N-dealkylation sites (N-methyl/N-ethyl adjacent to an activating group) is 1. The summed E-state index contributed by atoms with van der Waals surface area (Å²) in [4.78, 5) is 24.2. The Morgan fingerprint density at radius 1 is 1.43 bits per heavy atom. The number of sulfonamides is 1. The Morgan fingerprint density at radius 3 is 2.57 bits per heavy atom. The first kappa shape index (κ1) is 17.7. The van der Waals surface area contributed by atoms with E-state index >= 15 is 0 Å². The minimum absolute atomic E-state index is 0.0184. The zero-order valence-corrected chi connectivity index (χ0v) is 14.4. The molecule has 1 fully saturated rings. The standard InChI is InChI=1S/C15H22N2O5S/c1-10-9-12(11-5-4-6-11)22-15(19)13(10)14(18)16-7-8-17(2)23(3,20)21/h9,11H,4-8H2,1-3H3,(H,16,18). The minimum Gasteiger partial charge on any atom is -0.427 e. The Kier molecular flexibility index (Phi) is 5.26.